The normalized spacial score (nSPS) is 12.3. The summed E-state index contributed by atoms with van der Waals surface area (Å²) in [4.78, 5) is 16.0. The van der Waals surface area contributed by atoms with Crippen LogP contribution in [0.4, 0.5) is 0 Å². The predicted molar refractivity (Wildman–Crippen MR) is 118 cm³/mol. The van der Waals surface area contributed by atoms with E-state index in [1.807, 2.05) is 42.7 Å². The molecule has 6 nitrogen and oxygen atoms in total. The number of hydrogen-bond acceptors (Lipinski definition) is 5. The van der Waals surface area contributed by atoms with E-state index in [0.717, 1.165) is 27.4 Å². The number of para-hydroxylation sites is 1. The van der Waals surface area contributed by atoms with Gasteiger partial charge in [-0.15, -0.1) is 0 Å². The number of fused-ring (bicyclic) bond motifs is 2. The number of aromatic nitrogens is 4. The highest BCUT2D eigenvalue weighted by Crippen LogP contribution is 2.29. The molecule has 3 N–H and O–H groups in total. The van der Waals surface area contributed by atoms with E-state index in [0.29, 0.717) is 18.9 Å². The lowest BCUT2D eigenvalue weighted by Gasteiger charge is -2.14. The van der Waals surface area contributed by atoms with Gasteiger partial charge in [-0.2, -0.15) is 0 Å². The van der Waals surface area contributed by atoms with Gasteiger partial charge in [-0.05, 0) is 41.1 Å². The van der Waals surface area contributed by atoms with Crippen LogP contribution in [-0.2, 0) is 6.42 Å². The monoisotopic (exact) mass is 395 g/mol. The molecule has 0 spiro atoms. The molecule has 0 bridgehead atoms. The third-order valence-corrected chi connectivity index (χ3v) is 5.22. The highest BCUT2D eigenvalue weighted by Gasteiger charge is 2.13. The number of pyridine rings is 1. The van der Waals surface area contributed by atoms with Gasteiger partial charge >= 0.3 is 0 Å². The Morgan fingerprint density at radius 1 is 1.00 bits per heavy atom. The van der Waals surface area contributed by atoms with Crippen LogP contribution in [0.2, 0.25) is 0 Å². The summed E-state index contributed by atoms with van der Waals surface area (Å²) in [5, 5.41) is 3.39. The molecule has 0 aliphatic heterocycles. The van der Waals surface area contributed by atoms with E-state index in [1.54, 1.807) is 12.4 Å². The van der Waals surface area contributed by atoms with Crippen molar-refractivity contribution in [1.29, 1.82) is 0 Å². The van der Waals surface area contributed by atoms with Gasteiger partial charge in [-0.3, -0.25) is 4.98 Å². The molecule has 6 heteroatoms. The zero-order valence-electron chi connectivity index (χ0n) is 16.3. The molecule has 0 aliphatic rings. The topological polar surface area (TPSA) is 89.7 Å². The van der Waals surface area contributed by atoms with Crippen LogP contribution < -0.4 is 10.5 Å². The maximum absolute atomic E-state index is 6.38. The van der Waals surface area contributed by atoms with E-state index < -0.39 is 0 Å². The molecule has 5 aromatic rings. The Kier molecular flexibility index (Phi) is 4.83. The Morgan fingerprint density at radius 2 is 1.93 bits per heavy atom. The quantitative estimate of drug-likeness (QED) is 0.451. The molecule has 1 atom stereocenters. The first-order chi connectivity index (χ1) is 14.8. The summed E-state index contributed by atoms with van der Waals surface area (Å²) >= 11 is 0. The molecule has 30 heavy (non-hydrogen) atoms. The number of aromatic amines is 1. The molecule has 0 unspecified atom stereocenters. The summed E-state index contributed by atoms with van der Waals surface area (Å²) < 4.78 is 6.03. The minimum absolute atomic E-state index is 0.158. The first kappa shape index (κ1) is 18.3. The molecule has 0 aliphatic carbocycles. The summed E-state index contributed by atoms with van der Waals surface area (Å²) in [6.07, 6.45) is 9.64. The van der Waals surface area contributed by atoms with Crippen LogP contribution >= 0.6 is 0 Å². The zero-order chi connectivity index (χ0) is 20.3. The first-order valence-corrected chi connectivity index (χ1v) is 9.85. The maximum Gasteiger partial charge on any atom is 0.224 e. The van der Waals surface area contributed by atoms with E-state index in [9.17, 15) is 0 Å². The first-order valence-electron chi connectivity index (χ1n) is 9.85. The number of nitrogens with zero attached hydrogens (tertiary/aromatic N) is 3. The largest absolute Gasteiger partial charge is 0.475 e. The Labute approximate surface area is 173 Å². The molecule has 3 heterocycles. The molecule has 0 radical (unpaired) electrons. The molecule has 0 fully saturated rings. The van der Waals surface area contributed by atoms with Crippen molar-refractivity contribution >= 4 is 21.7 Å². The molecule has 0 amide bonds. The van der Waals surface area contributed by atoms with Crippen LogP contribution in [0.25, 0.3) is 32.8 Å². The minimum Gasteiger partial charge on any atom is -0.475 e. The summed E-state index contributed by atoms with van der Waals surface area (Å²) in [7, 11) is 0. The van der Waals surface area contributed by atoms with Gasteiger partial charge in [0.15, 0.2) is 0 Å². The van der Waals surface area contributed by atoms with Gasteiger partial charge in [-0.25, -0.2) is 9.97 Å². The van der Waals surface area contributed by atoms with Crippen LogP contribution in [0.5, 0.6) is 5.88 Å². The lowest BCUT2D eigenvalue weighted by molar-refractivity contribution is 0.278. The fourth-order valence-electron chi connectivity index (χ4n) is 3.71. The molecule has 2 aromatic carbocycles. The van der Waals surface area contributed by atoms with Gasteiger partial charge in [0.2, 0.25) is 5.88 Å². The third-order valence-electron chi connectivity index (χ3n) is 5.22. The Balaban J connectivity index is 1.34. The van der Waals surface area contributed by atoms with Crippen LogP contribution in [0, 0.1) is 0 Å². The van der Waals surface area contributed by atoms with Gasteiger partial charge in [-0.1, -0.05) is 30.3 Å². The van der Waals surface area contributed by atoms with Gasteiger partial charge < -0.3 is 15.5 Å². The fourth-order valence-corrected chi connectivity index (χ4v) is 3.71. The lowest BCUT2D eigenvalue weighted by Crippen LogP contribution is -2.30. The van der Waals surface area contributed by atoms with Crippen molar-refractivity contribution in [3.8, 4) is 17.0 Å². The van der Waals surface area contributed by atoms with Crippen molar-refractivity contribution in [3.63, 3.8) is 0 Å². The van der Waals surface area contributed by atoms with Crippen molar-refractivity contribution in [2.45, 2.75) is 12.5 Å². The maximum atomic E-state index is 6.38. The van der Waals surface area contributed by atoms with E-state index in [1.165, 1.54) is 17.3 Å². The van der Waals surface area contributed by atoms with Crippen molar-refractivity contribution in [3.05, 3.63) is 85.2 Å². The number of nitrogens with two attached hydrogens (primary N) is 1. The molecule has 148 valence electrons. The van der Waals surface area contributed by atoms with E-state index in [-0.39, 0.29) is 6.04 Å². The van der Waals surface area contributed by atoms with Gasteiger partial charge in [0, 0.05) is 47.1 Å². The number of H-pyrrole nitrogens is 1. The SMILES string of the molecule is N[C@H](COc1ncncc1-c1ccc2cnccc2c1)Cc1c[nH]c2ccccc12. The molecule has 5 rings (SSSR count). The number of benzene rings is 2. The van der Waals surface area contributed by atoms with Gasteiger partial charge in [0.05, 0.1) is 5.56 Å². The van der Waals surface area contributed by atoms with E-state index >= 15 is 0 Å². The molecule has 3 aromatic heterocycles. The smallest absolute Gasteiger partial charge is 0.224 e. The van der Waals surface area contributed by atoms with Crippen molar-refractivity contribution in [1.82, 2.24) is 19.9 Å². The Hall–Kier alpha value is -3.77. The highest BCUT2D eigenvalue weighted by atomic mass is 16.5. The number of nitrogens with one attached hydrogen (secondary N) is 1. The molecule has 0 saturated heterocycles. The summed E-state index contributed by atoms with van der Waals surface area (Å²) in [6, 6.07) is 16.2. The standard InChI is InChI=1S/C24H21N5O/c25-20(10-19-12-28-23-4-2-1-3-21(19)23)14-30-24-22(13-27-15-29-24)17-5-6-18-11-26-8-7-16(18)9-17/h1-9,11-13,15,20,28H,10,14,25H2/t20-/m0/s1. The number of ether oxygens (including phenoxy) is 1. The van der Waals surface area contributed by atoms with Crippen molar-refractivity contribution in [2.24, 2.45) is 5.73 Å². The van der Waals surface area contributed by atoms with Crippen LogP contribution in [0.15, 0.2) is 79.6 Å². The van der Waals surface area contributed by atoms with Gasteiger partial charge in [0.1, 0.15) is 12.9 Å². The predicted octanol–water partition coefficient (Wildman–Crippen LogP) is 4.12. The minimum atomic E-state index is -0.158. The average molecular weight is 395 g/mol. The molecular weight excluding hydrogens is 374 g/mol. The van der Waals surface area contributed by atoms with Crippen LogP contribution in [0.3, 0.4) is 0 Å². The summed E-state index contributed by atoms with van der Waals surface area (Å²) in [5.41, 5.74) is 10.5. The Bertz CT molecular complexity index is 1310. The Morgan fingerprint density at radius 3 is 2.90 bits per heavy atom. The zero-order valence-corrected chi connectivity index (χ0v) is 16.3. The fraction of sp³-hybridized carbons (Fsp3) is 0.125. The second-order valence-electron chi connectivity index (χ2n) is 7.31. The van der Waals surface area contributed by atoms with Crippen LogP contribution in [-0.4, -0.2) is 32.6 Å². The van der Waals surface area contributed by atoms with E-state index in [4.69, 9.17) is 10.5 Å². The third kappa shape index (κ3) is 3.60. The molecular formula is C24H21N5O. The second kappa shape index (κ2) is 7.93. The lowest BCUT2D eigenvalue weighted by atomic mass is 10.0. The van der Waals surface area contributed by atoms with Crippen molar-refractivity contribution in [2.75, 3.05) is 6.61 Å². The molecule has 0 saturated carbocycles. The number of rotatable bonds is 6. The summed E-state index contributed by atoms with van der Waals surface area (Å²) in [6.45, 7) is 0.362. The highest BCUT2D eigenvalue weighted by molar-refractivity contribution is 5.87. The second-order valence-corrected chi connectivity index (χ2v) is 7.31. The van der Waals surface area contributed by atoms with Crippen molar-refractivity contribution < 1.29 is 4.74 Å². The summed E-state index contributed by atoms with van der Waals surface area (Å²) in [5.74, 6) is 0.535. The average Bonchev–Trinajstić information content (AvgIpc) is 3.20. The van der Waals surface area contributed by atoms with Crippen LogP contribution in [0.1, 0.15) is 5.56 Å². The van der Waals surface area contributed by atoms with E-state index in [2.05, 4.69) is 38.1 Å². The van der Waals surface area contributed by atoms with Gasteiger partial charge in [0.25, 0.3) is 0 Å². The number of hydrogen-bond donors (Lipinski definition) is 2.